The molecule has 1 N–H and O–H groups in total. The molecule has 0 spiro atoms. The molecule has 0 fully saturated rings. The minimum absolute atomic E-state index is 0.0305. The normalized spacial score (nSPS) is 13.7. The van der Waals surface area contributed by atoms with Gasteiger partial charge in [0.15, 0.2) is 6.10 Å². The number of quaternary nitrogens is 1. The third-order valence-corrected chi connectivity index (χ3v) is 12.4. The first-order valence-corrected chi connectivity index (χ1v) is 27.7. The predicted octanol–water partition coefficient (Wildman–Crippen LogP) is 15.6. The molecule has 0 saturated carbocycles. The molecule has 0 rings (SSSR count). The maximum absolute atomic E-state index is 12.7. The first kappa shape index (κ1) is 61.2. The highest BCUT2D eigenvalue weighted by Gasteiger charge is 2.27. The summed E-state index contributed by atoms with van der Waals surface area (Å²) in [5.74, 6) is -0.799. The van der Waals surface area contributed by atoms with Crippen LogP contribution >= 0.6 is 7.82 Å². The van der Waals surface area contributed by atoms with Crippen molar-refractivity contribution >= 4 is 19.8 Å². The van der Waals surface area contributed by atoms with E-state index in [9.17, 15) is 19.0 Å². The van der Waals surface area contributed by atoms with Gasteiger partial charge in [-0.2, -0.15) is 0 Å². The van der Waals surface area contributed by atoms with E-state index in [1.807, 2.05) is 21.1 Å². The fourth-order valence-electron chi connectivity index (χ4n) is 7.38. The smallest absolute Gasteiger partial charge is 0.462 e. The monoisotopic (exact) mass is 911 g/mol. The number of ether oxygens (including phenoxy) is 2. The van der Waals surface area contributed by atoms with E-state index in [-0.39, 0.29) is 25.6 Å². The fourth-order valence-corrected chi connectivity index (χ4v) is 8.13. The van der Waals surface area contributed by atoms with E-state index in [0.29, 0.717) is 23.9 Å². The van der Waals surface area contributed by atoms with Crippen LogP contribution in [0.15, 0.2) is 36.5 Å². The molecule has 0 bridgehead atoms. The number of carbonyl (C=O) groups excluding carboxylic acids is 2. The summed E-state index contributed by atoms with van der Waals surface area (Å²) >= 11 is 0. The third-order valence-electron chi connectivity index (χ3n) is 11.4. The number of hydrogen-bond acceptors (Lipinski definition) is 7. The zero-order chi connectivity index (χ0) is 46.4. The van der Waals surface area contributed by atoms with Crippen LogP contribution in [0, 0.1) is 0 Å². The molecule has 0 aromatic heterocycles. The summed E-state index contributed by atoms with van der Waals surface area (Å²) in [6.45, 7) is 4.34. The highest BCUT2D eigenvalue weighted by atomic mass is 31.2. The van der Waals surface area contributed by atoms with Gasteiger partial charge in [-0.25, -0.2) is 4.57 Å². The average molecular weight is 911 g/mol. The van der Waals surface area contributed by atoms with Gasteiger partial charge in [0.05, 0.1) is 27.7 Å². The van der Waals surface area contributed by atoms with Crippen molar-refractivity contribution in [3.8, 4) is 0 Å². The number of esters is 2. The lowest BCUT2D eigenvalue weighted by Gasteiger charge is -2.24. The lowest BCUT2D eigenvalue weighted by atomic mass is 10.0. The van der Waals surface area contributed by atoms with Crippen LogP contribution < -0.4 is 0 Å². The number of allylic oxidation sites excluding steroid dienone is 6. The standard InChI is InChI=1S/C53H100NO8P/c1-6-8-10-12-14-16-18-20-22-24-25-26-27-28-30-31-33-35-37-39-41-43-45-52(55)59-49-51(50-61-63(57,58)60-48-47-54(3,4)5)62-53(56)46-44-42-40-38-36-34-32-29-23-21-19-17-15-13-11-9-7-2/h9,11,15,17,21,23,51H,6-8,10,12-14,16,18-20,22,24-50H2,1-5H3/p+1/b11-9-,17-15-,23-21-. The van der Waals surface area contributed by atoms with E-state index in [1.165, 1.54) is 141 Å². The molecule has 0 aromatic rings. The zero-order valence-corrected chi connectivity index (χ0v) is 42.7. The van der Waals surface area contributed by atoms with E-state index in [0.717, 1.165) is 64.2 Å². The highest BCUT2D eigenvalue weighted by Crippen LogP contribution is 2.43. The maximum Gasteiger partial charge on any atom is 0.472 e. The second-order valence-electron chi connectivity index (χ2n) is 18.9. The summed E-state index contributed by atoms with van der Waals surface area (Å²) in [4.78, 5) is 35.6. The van der Waals surface area contributed by atoms with Gasteiger partial charge in [0.1, 0.15) is 19.8 Å². The molecule has 0 heterocycles. The van der Waals surface area contributed by atoms with E-state index in [2.05, 4.69) is 50.3 Å². The number of carbonyl (C=O) groups is 2. The Labute approximate surface area is 389 Å². The number of phosphoric acid groups is 1. The van der Waals surface area contributed by atoms with Crippen LogP contribution in [-0.4, -0.2) is 74.9 Å². The van der Waals surface area contributed by atoms with Gasteiger partial charge in [0, 0.05) is 12.8 Å². The second-order valence-corrected chi connectivity index (χ2v) is 20.3. The molecule has 0 amide bonds. The molecule has 0 aromatic carbocycles. The van der Waals surface area contributed by atoms with Crippen molar-refractivity contribution in [3.63, 3.8) is 0 Å². The molecule has 63 heavy (non-hydrogen) atoms. The molecule has 0 radical (unpaired) electrons. The molecular weight excluding hydrogens is 810 g/mol. The Morgan fingerprint density at radius 1 is 0.508 bits per heavy atom. The Kier molecular flexibility index (Phi) is 44.1. The molecule has 370 valence electrons. The number of unbranched alkanes of at least 4 members (excludes halogenated alkanes) is 28. The van der Waals surface area contributed by atoms with Crippen molar-refractivity contribution < 1.29 is 42.1 Å². The van der Waals surface area contributed by atoms with Crippen LogP contribution in [0.4, 0.5) is 0 Å². The lowest BCUT2D eigenvalue weighted by molar-refractivity contribution is -0.870. The third kappa shape index (κ3) is 49.5. The van der Waals surface area contributed by atoms with Gasteiger partial charge in [0.25, 0.3) is 0 Å². The maximum atomic E-state index is 12.7. The highest BCUT2D eigenvalue weighted by molar-refractivity contribution is 7.47. The van der Waals surface area contributed by atoms with Crippen molar-refractivity contribution in [3.05, 3.63) is 36.5 Å². The first-order valence-electron chi connectivity index (χ1n) is 26.2. The predicted molar refractivity (Wildman–Crippen MR) is 266 cm³/mol. The molecule has 2 unspecified atom stereocenters. The van der Waals surface area contributed by atoms with Crippen molar-refractivity contribution in [2.24, 2.45) is 0 Å². The van der Waals surface area contributed by atoms with Gasteiger partial charge in [-0.3, -0.25) is 18.6 Å². The molecule has 0 aliphatic heterocycles. The quantitative estimate of drug-likeness (QED) is 0.0211. The van der Waals surface area contributed by atoms with E-state index < -0.39 is 26.5 Å². The number of phosphoric ester groups is 1. The van der Waals surface area contributed by atoms with Crippen molar-refractivity contribution in [2.75, 3.05) is 47.5 Å². The van der Waals surface area contributed by atoms with Gasteiger partial charge < -0.3 is 18.9 Å². The van der Waals surface area contributed by atoms with Crippen LogP contribution in [0.3, 0.4) is 0 Å². The van der Waals surface area contributed by atoms with Crippen molar-refractivity contribution in [2.45, 2.75) is 245 Å². The molecule has 0 saturated heterocycles. The number of nitrogens with zero attached hydrogens (tertiary/aromatic N) is 1. The minimum atomic E-state index is -4.38. The number of likely N-dealkylation sites (N-methyl/N-ethyl adjacent to an activating group) is 1. The van der Waals surface area contributed by atoms with E-state index >= 15 is 0 Å². The SMILES string of the molecule is CC/C=C\C/C=C\C/C=C\CCCCCCCCCC(=O)OC(COC(=O)CCCCCCCCCCCCCCCCCCCCCCCC)COP(=O)(O)OCC[N+](C)(C)C. The number of hydrogen-bond donors (Lipinski definition) is 1. The molecular formula is C53H101NO8P+. The van der Waals surface area contributed by atoms with Gasteiger partial charge in [-0.05, 0) is 44.9 Å². The number of rotatable bonds is 48. The van der Waals surface area contributed by atoms with Crippen LogP contribution in [0.2, 0.25) is 0 Å². The van der Waals surface area contributed by atoms with Crippen molar-refractivity contribution in [1.82, 2.24) is 0 Å². The molecule has 9 nitrogen and oxygen atoms in total. The Balaban J connectivity index is 4.20. The summed E-state index contributed by atoms with van der Waals surface area (Å²) in [6, 6.07) is 0. The first-order chi connectivity index (χ1) is 30.5. The Bertz CT molecular complexity index is 1170. The van der Waals surface area contributed by atoms with E-state index in [1.54, 1.807) is 0 Å². The zero-order valence-electron chi connectivity index (χ0n) is 41.8. The Morgan fingerprint density at radius 2 is 0.905 bits per heavy atom. The summed E-state index contributed by atoms with van der Waals surface area (Å²) in [5, 5.41) is 0. The van der Waals surface area contributed by atoms with Gasteiger partial charge >= 0.3 is 19.8 Å². The average Bonchev–Trinajstić information content (AvgIpc) is 3.24. The summed E-state index contributed by atoms with van der Waals surface area (Å²) in [6.07, 6.45) is 53.4. The summed E-state index contributed by atoms with van der Waals surface area (Å²) < 4.78 is 34.5. The lowest BCUT2D eigenvalue weighted by Crippen LogP contribution is -2.37. The van der Waals surface area contributed by atoms with Gasteiger partial charge in [0.2, 0.25) is 0 Å². The van der Waals surface area contributed by atoms with Crippen molar-refractivity contribution in [1.29, 1.82) is 0 Å². The minimum Gasteiger partial charge on any atom is -0.462 e. The Hall–Kier alpha value is -1.77. The molecule has 10 heteroatoms. The van der Waals surface area contributed by atoms with Gasteiger partial charge in [-0.15, -0.1) is 0 Å². The van der Waals surface area contributed by atoms with Crippen LogP contribution in [0.1, 0.15) is 239 Å². The molecule has 2 atom stereocenters. The summed E-state index contributed by atoms with van der Waals surface area (Å²) in [7, 11) is 1.48. The van der Waals surface area contributed by atoms with Crippen LogP contribution in [0.5, 0.6) is 0 Å². The van der Waals surface area contributed by atoms with E-state index in [4.69, 9.17) is 18.5 Å². The van der Waals surface area contributed by atoms with Crippen LogP contribution in [0.25, 0.3) is 0 Å². The second kappa shape index (κ2) is 45.4. The van der Waals surface area contributed by atoms with Crippen LogP contribution in [-0.2, 0) is 32.7 Å². The van der Waals surface area contributed by atoms with Gasteiger partial charge in [-0.1, -0.05) is 217 Å². The topological polar surface area (TPSA) is 108 Å². The summed E-state index contributed by atoms with van der Waals surface area (Å²) in [5.41, 5.74) is 0. The Morgan fingerprint density at radius 3 is 1.35 bits per heavy atom. The molecule has 0 aliphatic carbocycles. The largest absolute Gasteiger partial charge is 0.472 e. The molecule has 0 aliphatic rings. The fraction of sp³-hybridized carbons (Fsp3) is 0.849.